The number of nitrogens with zero attached hydrogens (tertiary/aromatic N) is 2. The molecule has 0 saturated carbocycles. The maximum Gasteiger partial charge on any atom is 0.245 e. The SMILES string of the molecule is COCC(=O)NC[C@H]1CCN(Cc2ccc3c(c2)CCO3)C[C@H]1N(C)C. The predicted octanol–water partition coefficient (Wildman–Crippen LogP) is 1.14. The van der Waals surface area contributed by atoms with Crippen LogP contribution in [0.15, 0.2) is 18.2 Å². The Morgan fingerprint density at radius 3 is 3.04 bits per heavy atom. The molecule has 1 amide bonds. The lowest BCUT2D eigenvalue weighted by atomic mass is 9.90. The van der Waals surface area contributed by atoms with E-state index in [1.165, 1.54) is 11.1 Å². The number of nitrogens with one attached hydrogen (secondary N) is 1. The smallest absolute Gasteiger partial charge is 0.245 e. The molecule has 0 spiro atoms. The van der Waals surface area contributed by atoms with Gasteiger partial charge < -0.3 is 19.7 Å². The highest BCUT2D eigenvalue weighted by atomic mass is 16.5. The predicted molar refractivity (Wildman–Crippen MR) is 101 cm³/mol. The molecular weight excluding hydrogens is 330 g/mol. The van der Waals surface area contributed by atoms with Gasteiger partial charge in [0, 0.05) is 39.2 Å². The van der Waals surface area contributed by atoms with E-state index in [1.807, 2.05) is 0 Å². The lowest BCUT2D eigenvalue weighted by molar-refractivity contribution is -0.125. The van der Waals surface area contributed by atoms with Gasteiger partial charge in [-0.1, -0.05) is 12.1 Å². The number of hydrogen-bond acceptors (Lipinski definition) is 5. The number of hydrogen-bond donors (Lipinski definition) is 1. The number of methoxy groups -OCH3 is 1. The van der Waals surface area contributed by atoms with Crippen molar-refractivity contribution < 1.29 is 14.3 Å². The first kappa shape index (κ1) is 19.1. The van der Waals surface area contributed by atoms with E-state index in [0.29, 0.717) is 12.0 Å². The van der Waals surface area contributed by atoms with Crippen LogP contribution in [0.25, 0.3) is 0 Å². The molecule has 2 aliphatic rings. The maximum absolute atomic E-state index is 11.7. The lowest BCUT2D eigenvalue weighted by Gasteiger charge is -2.42. The van der Waals surface area contributed by atoms with E-state index < -0.39 is 0 Å². The number of carbonyl (C=O) groups excluding carboxylic acids is 1. The van der Waals surface area contributed by atoms with Gasteiger partial charge in [-0.15, -0.1) is 0 Å². The van der Waals surface area contributed by atoms with Gasteiger partial charge in [0.25, 0.3) is 0 Å². The number of benzene rings is 1. The van der Waals surface area contributed by atoms with Gasteiger partial charge in [0.2, 0.25) is 5.91 Å². The summed E-state index contributed by atoms with van der Waals surface area (Å²) in [5.74, 6) is 1.48. The summed E-state index contributed by atoms with van der Waals surface area (Å²) in [5.41, 5.74) is 2.70. The van der Waals surface area contributed by atoms with Crippen LogP contribution in [0, 0.1) is 5.92 Å². The minimum Gasteiger partial charge on any atom is -0.493 e. The normalized spacial score (nSPS) is 22.9. The number of rotatable bonds is 7. The molecule has 6 nitrogen and oxygen atoms in total. The van der Waals surface area contributed by atoms with E-state index in [-0.39, 0.29) is 12.5 Å². The third-order valence-corrected chi connectivity index (χ3v) is 5.47. The fraction of sp³-hybridized carbons (Fsp3) is 0.650. The topological polar surface area (TPSA) is 54.0 Å². The van der Waals surface area contributed by atoms with Crippen LogP contribution in [-0.4, -0.2) is 75.8 Å². The zero-order chi connectivity index (χ0) is 18.5. The molecule has 0 radical (unpaired) electrons. The number of carbonyl (C=O) groups is 1. The minimum absolute atomic E-state index is 0.0344. The van der Waals surface area contributed by atoms with Gasteiger partial charge in [0.1, 0.15) is 12.4 Å². The van der Waals surface area contributed by atoms with Gasteiger partial charge in [-0.3, -0.25) is 9.69 Å². The maximum atomic E-state index is 11.7. The quantitative estimate of drug-likeness (QED) is 0.789. The summed E-state index contributed by atoms with van der Waals surface area (Å²) >= 11 is 0. The Labute approximate surface area is 156 Å². The summed E-state index contributed by atoms with van der Waals surface area (Å²) in [5, 5.41) is 3.01. The van der Waals surface area contributed by atoms with E-state index in [0.717, 1.165) is 51.4 Å². The van der Waals surface area contributed by atoms with Crippen molar-refractivity contribution >= 4 is 5.91 Å². The van der Waals surface area contributed by atoms with Crippen molar-refractivity contribution in [3.8, 4) is 5.75 Å². The van der Waals surface area contributed by atoms with Crippen LogP contribution >= 0.6 is 0 Å². The molecule has 144 valence electrons. The zero-order valence-corrected chi connectivity index (χ0v) is 16.2. The number of amides is 1. The number of ether oxygens (including phenoxy) is 2. The second-order valence-electron chi connectivity index (χ2n) is 7.59. The molecule has 1 fully saturated rings. The molecule has 26 heavy (non-hydrogen) atoms. The molecule has 3 rings (SSSR count). The third-order valence-electron chi connectivity index (χ3n) is 5.47. The fourth-order valence-corrected chi connectivity index (χ4v) is 4.04. The molecule has 1 saturated heterocycles. The standard InChI is InChI=1S/C20H31N3O3/c1-22(2)18-13-23(8-6-17(18)11-21-20(24)14-25-3)12-15-4-5-19-16(10-15)7-9-26-19/h4-5,10,17-18H,6-9,11-14H2,1-3H3,(H,21,24)/t17-,18-/m1/s1. The molecule has 2 atom stereocenters. The number of fused-ring (bicyclic) bond motifs is 1. The molecule has 2 heterocycles. The summed E-state index contributed by atoms with van der Waals surface area (Å²) in [7, 11) is 5.81. The Morgan fingerprint density at radius 2 is 2.27 bits per heavy atom. The summed E-state index contributed by atoms with van der Waals surface area (Å²) in [6.45, 7) is 4.71. The monoisotopic (exact) mass is 361 g/mol. The van der Waals surface area contributed by atoms with Gasteiger partial charge in [-0.25, -0.2) is 0 Å². The van der Waals surface area contributed by atoms with Crippen molar-refractivity contribution in [3.05, 3.63) is 29.3 Å². The molecule has 0 aliphatic carbocycles. The summed E-state index contributed by atoms with van der Waals surface area (Å²) in [6, 6.07) is 7.03. The Morgan fingerprint density at radius 1 is 1.42 bits per heavy atom. The highest BCUT2D eigenvalue weighted by molar-refractivity contribution is 5.77. The van der Waals surface area contributed by atoms with Crippen LogP contribution in [0.1, 0.15) is 17.5 Å². The second-order valence-corrected chi connectivity index (χ2v) is 7.59. The molecule has 0 bridgehead atoms. The van der Waals surface area contributed by atoms with Gasteiger partial charge in [0.15, 0.2) is 0 Å². The summed E-state index contributed by atoms with van der Waals surface area (Å²) in [6.07, 6.45) is 2.11. The van der Waals surface area contributed by atoms with Gasteiger partial charge in [-0.05, 0) is 50.2 Å². The van der Waals surface area contributed by atoms with Crippen molar-refractivity contribution in [1.29, 1.82) is 0 Å². The summed E-state index contributed by atoms with van der Waals surface area (Å²) in [4.78, 5) is 16.5. The van der Waals surface area contributed by atoms with E-state index in [1.54, 1.807) is 7.11 Å². The second kappa shape index (κ2) is 8.84. The number of likely N-dealkylation sites (tertiary alicyclic amines) is 1. The van der Waals surface area contributed by atoms with Gasteiger partial charge >= 0.3 is 0 Å². The highest BCUT2D eigenvalue weighted by Gasteiger charge is 2.31. The highest BCUT2D eigenvalue weighted by Crippen LogP contribution is 2.27. The van der Waals surface area contributed by atoms with Crippen molar-refractivity contribution in [2.75, 3.05) is 54.1 Å². The van der Waals surface area contributed by atoms with Crippen LogP contribution in [-0.2, 0) is 22.5 Å². The van der Waals surface area contributed by atoms with E-state index in [4.69, 9.17) is 9.47 Å². The lowest BCUT2D eigenvalue weighted by Crippen LogP contribution is -2.53. The third kappa shape index (κ3) is 4.75. The van der Waals surface area contributed by atoms with Crippen LogP contribution in [0.2, 0.25) is 0 Å². The molecule has 0 unspecified atom stereocenters. The minimum atomic E-state index is -0.0344. The first-order valence-corrected chi connectivity index (χ1v) is 9.46. The Hall–Kier alpha value is -1.63. The molecule has 2 aliphatic heterocycles. The molecule has 1 aromatic rings. The molecule has 1 aromatic carbocycles. The average Bonchev–Trinajstić information content (AvgIpc) is 3.08. The number of likely N-dealkylation sites (N-methyl/N-ethyl adjacent to an activating group) is 1. The fourth-order valence-electron chi connectivity index (χ4n) is 4.04. The molecular formula is C20H31N3O3. The van der Waals surface area contributed by atoms with E-state index in [9.17, 15) is 4.79 Å². The molecule has 0 aromatic heterocycles. The van der Waals surface area contributed by atoms with Crippen molar-refractivity contribution in [1.82, 2.24) is 15.1 Å². The van der Waals surface area contributed by atoms with Gasteiger partial charge in [-0.2, -0.15) is 0 Å². The van der Waals surface area contributed by atoms with Crippen molar-refractivity contribution in [2.24, 2.45) is 5.92 Å². The van der Waals surface area contributed by atoms with Crippen LogP contribution in [0.5, 0.6) is 5.75 Å². The van der Waals surface area contributed by atoms with Crippen LogP contribution in [0.3, 0.4) is 0 Å². The Bertz CT molecular complexity index is 620. The van der Waals surface area contributed by atoms with Crippen molar-refractivity contribution in [3.63, 3.8) is 0 Å². The molecule has 1 N–H and O–H groups in total. The summed E-state index contributed by atoms with van der Waals surface area (Å²) < 4.78 is 10.5. The van der Waals surface area contributed by atoms with Crippen LogP contribution < -0.4 is 10.1 Å². The largest absolute Gasteiger partial charge is 0.493 e. The van der Waals surface area contributed by atoms with Gasteiger partial charge in [0.05, 0.1) is 6.61 Å². The van der Waals surface area contributed by atoms with Crippen LogP contribution in [0.4, 0.5) is 0 Å². The molecule has 6 heteroatoms. The average molecular weight is 361 g/mol. The van der Waals surface area contributed by atoms with E-state index in [2.05, 4.69) is 47.4 Å². The van der Waals surface area contributed by atoms with Crippen molar-refractivity contribution in [2.45, 2.75) is 25.4 Å². The zero-order valence-electron chi connectivity index (χ0n) is 16.2. The first-order valence-electron chi connectivity index (χ1n) is 9.46. The Balaban J connectivity index is 1.56. The van der Waals surface area contributed by atoms with E-state index >= 15 is 0 Å². The number of piperidine rings is 1. The Kier molecular flexibility index (Phi) is 6.51. The first-order chi connectivity index (χ1) is 12.6.